The number of benzene rings is 1. The molecule has 0 spiro atoms. The number of aliphatic hydroxyl groups excluding tert-OH is 6. The van der Waals surface area contributed by atoms with Gasteiger partial charge in [0.15, 0.2) is 11.6 Å². The van der Waals surface area contributed by atoms with Gasteiger partial charge in [-0.15, -0.1) is 0 Å². The minimum Gasteiger partial charge on any atom is -0.395 e. The Morgan fingerprint density at radius 3 is 1.03 bits per heavy atom. The van der Waals surface area contributed by atoms with Gasteiger partial charge in [-0.2, -0.15) is 16.8 Å². The molecule has 4 bridgehead atoms. The largest absolute Gasteiger partial charge is 0.395 e. The first-order valence-electron chi connectivity index (χ1n) is 19.7. The van der Waals surface area contributed by atoms with Crippen molar-refractivity contribution in [3.05, 3.63) is 46.5 Å². The Kier molecular flexibility index (Phi) is 17.6. The van der Waals surface area contributed by atoms with Crippen molar-refractivity contribution in [2.45, 2.75) is 53.4 Å². The first-order chi connectivity index (χ1) is 27.0. The number of nitrogens with zero attached hydrogens (tertiary/aromatic N) is 2. The predicted octanol–water partition coefficient (Wildman–Crippen LogP) is 0.770. The Morgan fingerprint density at radius 1 is 0.552 bits per heavy atom. The summed E-state index contributed by atoms with van der Waals surface area (Å²) in [5, 5.41) is 50.9. The van der Waals surface area contributed by atoms with E-state index >= 15 is 0 Å². The van der Waals surface area contributed by atoms with Crippen molar-refractivity contribution < 1.29 is 66.2 Å². The van der Waals surface area contributed by atoms with E-state index in [2.05, 4.69) is 0 Å². The Bertz CT molecular complexity index is 1680. The molecule has 8 N–H and O–H groups in total. The Morgan fingerprint density at radius 2 is 0.810 bits per heavy atom. The quantitative estimate of drug-likeness (QED) is 0.0748. The van der Waals surface area contributed by atoms with E-state index in [4.69, 9.17) is 30.6 Å². The molecule has 0 aliphatic heterocycles. The molecule has 0 heterocycles. The number of rotatable bonds is 18. The lowest BCUT2D eigenvalue weighted by molar-refractivity contribution is -0.125. The summed E-state index contributed by atoms with van der Waals surface area (Å²) >= 11 is 0. The van der Waals surface area contributed by atoms with Crippen LogP contribution in [0.1, 0.15) is 64.5 Å². The molecule has 4 saturated carbocycles. The highest BCUT2D eigenvalue weighted by Gasteiger charge is 2.68. The van der Waals surface area contributed by atoms with Gasteiger partial charge in [-0.1, -0.05) is 52.0 Å². The number of hydrogen-bond donors (Lipinski definition) is 8. The van der Waals surface area contributed by atoms with E-state index < -0.39 is 53.4 Å². The number of fused-ring (bicyclic) bond motifs is 4. The molecule has 4 aliphatic rings. The zero-order chi connectivity index (χ0) is 43.7. The van der Waals surface area contributed by atoms with Crippen molar-refractivity contribution in [2.24, 2.45) is 33.5 Å². The van der Waals surface area contributed by atoms with Crippen LogP contribution < -0.4 is 0 Å². The molecule has 330 valence electrons. The summed E-state index contributed by atoms with van der Waals surface area (Å²) in [6.07, 6.45) is 5.80. The van der Waals surface area contributed by atoms with Gasteiger partial charge in [0, 0.05) is 50.4 Å². The molecule has 1 aromatic rings. The van der Waals surface area contributed by atoms with Crippen LogP contribution in [0.2, 0.25) is 0 Å². The molecule has 5 rings (SSSR count). The zero-order valence-corrected chi connectivity index (χ0v) is 35.7. The third-order valence-electron chi connectivity index (χ3n) is 13.0. The normalized spacial score (nSPS) is 27.1. The maximum Gasteiger partial charge on any atom is 0.265 e. The van der Waals surface area contributed by atoms with Crippen LogP contribution in [0, 0.1) is 33.5 Å². The average Bonchev–Trinajstić information content (AvgIpc) is 3.63. The van der Waals surface area contributed by atoms with Crippen LogP contribution in [0.25, 0.3) is 12.2 Å². The Balaban J connectivity index is 0.000000371. The lowest BCUT2D eigenvalue weighted by Crippen LogP contribution is -2.42. The monoisotopic (exact) mass is 860 g/mol. The summed E-state index contributed by atoms with van der Waals surface area (Å²) in [6, 6.07) is 7.33. The van der Waals surface area contributed by atoms with Crippen molar-refractivity contribution in [1.82, 2.24) is 9.80 Å². The first-order valence-corrected chi connectivity index (χ1v) is 22.9. The van der Waals surface area contributed by atoms with Gasteiger partial charge in [0.05, 0.1) is 62.0 Å². The maximum absolute atomic E-state index is 13.4. The van der Waals surface area contributed by atoms with Gasteiger partial charge in [-0.05, 0) is 71.6 Å². The lowest BCUT2D eigenvalue weighted by atomic mass is 9.70. The van der Waals surface area contributed by atoms with E-state index in [1.807, 2.05) is 52.0 Å². The van der Waals surface area contributed by atoms with Gasteiger partial charge in [-0.25, -0.2) is 0 Å². The third-order valence-corrected chi connectivity index (χ3v) is 14.7. The SMILES string of the molecule is CC1(C)C2CCC1(CS(=O)(=O)O)C(=O)/C2=C/c1ccc(/C=C2/C(=O)C3(CS(=O)(=O)O)CCC2C3(C)C)cc1.OCCN(CCO)CCO.OCCN(CCO)CCO. The molecule has 0 saturated heterocycles. The highest BCUT2D eigenvalue weighted by Crippen LogP contribution is 2.67. The van der Waals surface area contributed by atoms with E-state index in [9.17, 15) is 35.5 Å². The van der Waals surface area contributed by atoms with Crippen LogP contribution in [0.4, 0.5) is 0 Å². The van der Waals surface area contributed by atoms with E-state index in [-0.39, 0.29) is 63.0 Å². The van der Waals surface area contributed by atoms with Crippen molar-refractivity contribution in [1.29, 1.82) is 0 Å². The van der Waals surface area contributed by atoms with Crippen LogP contribution in [0.15, 0.2) is 35.4 Å². The average molecular weight is 861 g/mol. The molecule has 18 heteroatoms. The molecular formula is C40H64N2O14S2. The maximum atomic E-state index is 13.4. The minimum absolute atomic E-state index is 0.0694. The minimum atomic E-state index is -4.33. The summed E-state index contributed by atoms with van der Waals surface area (Å²) < 4.78 is 66.1. The van der Waals surface area contributed by atoms with E-state index in [1.54, 1.807) is 22.0 Å². The molecule has 4 atom stereocenters. The molecule has 58 heavy (non-hydrogen) atoms. The fourth-order valence-corrected chi connectivity index (χ4v) is 12.3. The number of Topliss-reactive ketones (excluding diaryl/α,β-unsaturated/α-hetero) is 2. The van der Waals surface area contributed by atoms with E-state index in [0.717, 1.165) is 11.1 Å². The van der Waals surface area contributed by atoms with Gasteiger partial charge in [0.1, 0.15) is 0 Å². The fraction of sp³-hybridized carbons (Fsp3) is 0.700. The summed E-state index contributed by atoms with van der Waals surface area (Å²) in [5.74, 6) is -1.80. The lowest BCUT2D eigenvalue weighted by Gasteiger charge is -2.34. The summed E-state index contributed by atoms with van der Waals surface area (Å²) in [5.41, 5.74) is -0.762. The number of aliphatic hydroxyl groups is 6. The van der Waals surface area contributed by atoms with Crippen molar-refractivity contribution >= 4 is 44.0 Å². The van der Waals surface area contributed by atoms with Crippen LogP contribution in [-0.4, -0.2) is 168 Å². The standard InChI is InChI=1S/C28H34O8S2.2C6H15NO3/c1-25(2)21-9-11-27(25,15-37(31,32)33)23(29)19(21)13-17-5-7-18(8-6-17)14-20-22-10-12-28(24(20)30,26(22,3)4)16-38(34,35)36;2*8-4-1-7(2-5-9)3-6-10/h5-8,13-14,21-22H,9-12,15-16H2,1-4H3,(H,31,32,33)(H,34,35,36);2*8-10H,1-6H2/b19-13+,20-14+;;. The highest BCUT2D eigenvalue weighted by molar-refractivity contribution is 7.86. The van der Waals surface area contributed by atoms with Crippen LogP contribution >= 0.6 is 0 Å². The van der Waals surface area contributed by atoms with Gasteiger partial charge >= 0.3 is 0 Å². The number of carbonyl (C=O) groups excluding carboxylic acids is 2. The smallest absolute Gasteiger partial charge is 0.265 e. The Labute approximate surface area is 342 Å². The third kappa shape index (κ3) is 11.1. The van der Waals surface area contributed by atoms with Gasteiger partial charge in [0.2, 0.25) is 0 Å². The van der Waals surface area contributed by atoms with Gasteiger partial charge in [-0.3, -0.25) is 28.5 Å². The first kappa shape index (κ1) is 49.9. The van der Waals surface area contributed by atoms with Gasteiger partial charge < -0.3 is 30.6 Å². The van der Waals surface area contributed by atoms with E-state index in [0.29, 0.717) is 76.1 Å². The second-order valence-electron chi connectivity index (χ2n) is 16.8. The second kappa shape index (κ2) is 20.4. The van der Waals surface area contributed by atoms with Crippen LogP contribution in [0.3, 0.4) is 0 Å². The van der Waals surface area contributed by atoms with Crippen molar-refractivity contribution in [3.63, 3.8) is 0 Å². The van der Waals surface area contributed by atoms with Crippen LogP contribution in [-0.2, 0) is 29.8 Å². The molecule has 0 amide bonds. The topological polar surface area (TPSA) is 271 Å². The van der Waals surface area contributed by atoms with Crippen molar-refractivity contribution in [3.8, 4) is 0 Å². The van der Waals surface area contributed by atoms with E-state index in [1.165, 1.54) is 0 Å². The fourth-order valence-electron chi connectivity index (χ4n) is 9.75. The van der Waals surface area contributed by atoms with Crippen LogP contribution in [0.5, 0.6) is 0 Å². The highest BCUT2D eigenvalue weighted by atomic mass is 32.2. The molecule has 0 radical (unpaired) electrons. The molecule has 1 aromatic carbocycles. The number of allylic oxidation sites excluding steroid dienone is 2. The predicted molar refractivity (Wildman–Crippen MR) is 219 cm³/mol. The molecule has 0 aromatic heterocycles. The molecule has 16 nitrogen and oxygen atoms in total. The summed E-state index contributed by atoms with van der Waals surface area (Å²) in [7, 11) is -8.66. The Hall–Kier alpha value is -2.46. The number of ketones is 2. The number of carbonyl (C=O) groups is 2. The van der Waals surface area contributed by atoms with Gasteiger partial charge in [0.25, 0.3) is 20.2 Å². The molecule has 4 aliphatic carbocycles. The number of hydrogen-bond acceptors (Lipinski definition) is 14. The second-order valence-corrected chi connectivity index (χ2v) is 19.7. The summed E-state index contributed by atoms with van der Waals surface area (Å²) in [6.45, 7) is 11.1. The zero-order valence-electron chi connectivity index (χ0n) is 34.1. The molecule has 4 fully saturated rings. The summed E-state index contributed by atoms with van der Waals surface area (Å²) in [4.78, 5) is 30.4. The molecular weight excluding hydrogens is 797 g/mol. The van der Waals surface area contributed by atoms with Crippen molar-refractivity contribution in [2.75, 3.05) is 90.4 Å². The molecule has 4 unspecified atom stereocenters.